The van der Waals surface area contributed by atoms with Crippen LogP contribution in [0, 0.1) is 11.3 Å². The van der Waals surface area contributed by atoms with Gasteiger partial charge in [-0.1, -0.05) is 0 Å². The summed E-state index contributed by atoms with van der Waals surface area (Å²) in [4.78, 5) is 3.71. The maximum Gasteiger partial charge on any atom is 0.243 e. The van der Waals surface area contributed by atoms with E-state index in [0.29, 0.717) is 0 Å². The molecule has 0 spiro atoms. The number of aromatic nitrogens is 1. The molecule has 2 heterocycles. The van der Waals surface area contributed by atoms with Crippen molar-refractivity contribution in [3.05, 3.63) is 24.0 Å². The van der Waals surface area contributed by atoms with Gasteiger partial charge in [-0.15, -0.1) is 0 Å². The van der Waals surface area contributed by atoms with Crippen LogP contribution in [0.15, 0.2) is 23.2 Å². The molecule has 0 radical (unpaired) electrons. The third kappa shape index (κ3) is 2.85. The molecule has 1 saturated heterocycles. The fourth-order valence-electron chi connectivity index (χ4n) is 1.91. The lowest BCUT2D eigenvalue weighted by atomic mass is 10.1. The Hall–Kier alpha value is -1.49. The number of hydrogen-bond acceptors (Lipinski definition) is 5. The van der Waals surface area contributed by atoms with Gasteiger partial charge in [-0.2, -0.15) is 5.26 Å². The third-order valence-electron chi connectivity index (χ3n) is 2.83. The van der Waals surface area contributed by atoms with Crippen LogP contribution < -0.4 is 10.0 Å². The van der Waals surface area contributed by atoms with Gasteiger partial charge in [-0.05, 0) is 38.1 Å². The zero-order valence-corrected chi connectivity index (χ0v) is 10.6. The minimum absolute atomic E-state index is 0.0500. The van der Waals surface area contributed by atoms with Crippen molar-refractivity contribution in [2.24, 2.45) is 0 Å². The summed E-state index contributed by atoms with van der Waals surface area (Å²) in [6, 6.07) is 4.63. The van der Waals surface area contributed by atoms with E-state index in [2.05, 4.69) is 15.0 Å². The summed E-state index contributed by atoms with van der Waals surface area (Å²) >= 11 is 0. The number of piperidine rings is 1. The van der Waals surface area contributed by atoms with Crippen molar-refractivity contribution < 1.29 is 8.42 Å². The van der Waals surface area contributed by atoms with Crippen LogP contribution in [0.1, 0.15) is 18.5 Å². The number of nitrogens with zero attached hydrogens (tertiary/aromatic N) is 2. The van der Waals surface area contributed by atoms with E-state index < -0.39 is 10.0 Å². The molecule has 1 aromatic heterocycles. The predicted molar refractivity (Wildman–Crippen MR) is 65.2 cm³/mol. The van der Waals surface area contributed by atoms with E-state index in [1.165, 1.54) is 18.3 Å². The number of pyridine rings is 1. The Labute approximate surface area is 106 Å². The molecular weight excluding hydrogens is 252 g/mol. The highest BCUT2D eigenvalue weighted by atomic mass is 32.2. The zero-order valence-electron chi connectivity index (χ0n) is 9.76. The van der Waals surface area contributed by atoms with Crippen molar-refractivity contribution in [2.45, 2.75) is 23.8 Å². The van der Waals surface area contributed by atoms with Gasteiger partial charge in [-0.25, -0.2) is 18.1 Å². The van der Waals surface area contributed by atoms with Crippen molar-refractivity contribution >= 4 is 10.0 Å². The maximum atomic E-state index is 12.2. The van der Waals surface area contributed by atoms with E-state index in [-0.39, 0.29) is 16.6 Å². The van der Waals surface area contributed by atoms with Crippen LogP contribution in [0.5, 0.6) is 0 Å². The SMILES string of the molecule is N#Cc1ncccc1S(=O)(=O)NC1CCNCC1. The van der Waals surface area contributed by atoms with Gasteiger partial charge in [0.1, 0.15) is 11.0 Å². The maximum absolute atomic E-state index is 12.2. The molecule has 6 nitrogen and oxygen atoms in total. The lowest BCUT2D eigenvalue weighted by Gasteiger charge is -2.23. The second kappa shape index (κ2) is 5.44. The highest BCUT2D eigenvalue weighted by Gasteiger charge is 2.24. The predicted octanol–water partition coefficient (Wildman–Crippen LogP) is -0.0164. The summed E-state index contributed by atoms with van der Waals surface area (Å²) in [5.41, 5.74) is -0.0704. The van der Waals surface area contributed by atoms with Crippen molar-refractivity contribution in [3.8, 4) is 6.07 Å². The monoisotopic (exact) mass is 266 g/mol. The summed E-state index contributed by atoms with van der Waals surface area (Å²) in [5.74, 6) is 0. The fraction of sp³-hybridized carbons (Fsp3) is 0.455. The average molecular weight is 266 g/mol. The van der Waals surface area contributed by atoms with Crippen molar-refractivity contribution in [1.82, 2.24) is 15.0 Å². The van der Waals surface area contributed by atoms with Gasteiger partial charge < -0.3 is 5.32 Å². The molecule has 0 aliphatic carbocycles. The Morgan fingerprint density at radius 1 is 1.44 bits per heavy atom. The number of nitrogens with one attached hydrogen (secondary N) is 2. The molecule has 7 heteroatoms. The lowest BCUT2D eigenvalue weighted by Crippen LogP contribution is -2.42. The van der Waals surface area contributed by atoms with Gasteiger partial charge in [0.25, 0.3) is 0 Å². The average Bonchev–Trinajstić information content (AvgIpc) is 2.39. The molecule has 0 bridgehead atoms. The quantitative estimate of drug-likeness (QED) is 0.802. The minimum Gasteiger partial charge on any atom is -0.317 e. The molecular formula is C11H14N4O2S. The Balaban J connectivity index is 2.22. The molecule has 18 heavy (non-hydrogen) atoms. The van der Waals surface area contributed by atoms with E-state index in [4.69, 9.17) is 5.26 Å². The first-order valence-electron chi connectivity index (χ1n) is 5.71. The number of nitriles is 1. The summed E-state index contributed by atoms with van der Waals surface area (Å²) in [6.45, 7) is 1.59. The van der Waals surface area contributed by atoms with Gasteiger partial charge in [0, 0.05) is 12.2 Å². The number of rotatable bonds is 3. The first-order chi connectivity index (χ1) is 8.63. The Kier molecular flexibility index (Phi) is 3.91. The molecule has 0 atom stereocenters. The summed E-state index contributed by atoms with van der Waals surface area (Å²) < 4.78 is 26.9. The molecule has 0 unspecified atom stereocenters. The van der Waals surface area contributed by atoms with E-state index in [0.717, 1.165) is 25.9 Å². The second-order valence-corrected chi connectivity index (χ2v) is 5.79. The Morgan fingerprint density at radius 3 is 2.83 bits per heavy atom. The summed E-state index contributed by atoms with van der Waals surface area (Å²) in [6.07, 6.45) is 2.91. The molecule has 0 saturated carbocycles. The van der Waals surface area contributed by atoms with Gasteiger partial charge in [-0.3, -0.25) is 0 Å². The Morgan fingerprint density at radius 2 is 2.17 bits per heavy atom. The van der Waals surface area contributed by atoms with Gasteiger partial charge in [0.15, 0.2) is 5.69 Å². The normalized spacial score (nSPS) is 17.3. The smallest absolute Gasteiger partial charge is 0.243 e. The molecule has 0 amide bonds. The molecule has 2 rings (SSSR count). The first-order valence-corrected chi connectivity index (χ1v) is 7.20. The largest absolute Gasteiger partial charge is 0.317 e. The number of sulfonamides is 1. The van der Waals surface area contributed by atoms with Crippen LogP contribution in [0.3, 0.4) is 0 Å². The van der Waals surface area contributed by atoms with Crippen LogP contribution in [0.25, 0.3) is 0 Å². The second-order valence-electron chi connectivity index (χ2n) is 4.11. The van der Waals surface area contributed by atoms with E-state index >= 15 is 0 Å². The van der Waals surface area contributed by atoms with E-state index in [1.807, 2.05) is 0 Å². The topological polar surface area (TPSA) is 94.9 Å². The highest BCUT2D eigenvalue weighted by Crippen LogP contribution is 2.14. The van der Waals surface area contributed by atoms with Crippen molar-refractivity contribution in [1.29, 1.82) is 5.26 Å². The first kappa shape index (κ1) is 13.0. The summed E-state index contributed by atoms with van der Waals surface area (Å²) in [7, 11) is -3.67. The van der Waals surface area contributed by atoms with Crippen LogP contribution in [-0.2, 0) is 10.0 Å². The van der Waals surface area contributed by atoms with Gasteiger partial charge in [0.2, 0.25) is 10.0 Å². The van der Waals surface area contributed by atoms with Crippen molar-refractivity contribution in [2.75, 3.05) is 13.1 Å². The standard InChI is InChI=1S/C11H14N4O2S/c12-8-10-11(2-1-5-14-10)18(16,17)15-9-3-6-13-7-4-9/h1-2,5,9,13,15H,3-4,6-7H2. The van der Waals surface area contributed by atoms with Crippen molar-refractivity contribution in [3.63, 3.8) is 0 Å². The summed E-state index contributed by atoms with van der Waals surface area (Å²) in [5, 5.41) is 12.0. The lowest BCUT2D eigenvalue weighted by molar-refractivity contribution is 0.427. The highest BCUT2D eigenvalue weighted by molar-refractivity contribution is 7.89. The van der Waals surface area contributed by atoms with Crippen LogP contribution >= 0.6 is 0 Å². The van der Waals surface area contributed by atoms with Crippen LogP contribution in [0.4, 0.5) is 0 Å². The minimum atomic E-state index is -3.67. The molecule has 96 valence electrons. The molecule has 1 aromatic rings. The van der Waals surface area contributed by atoms with Crippen LogP contribution in [0.2, 0.25) is 0 Å². The number of hydrogen-bond donors (Lipinski definition) is 2. The molecule has 2 N–H and O–H groups in total. The molecule has 1 aliphatic rings. The van der Waals surface area contributed by atoms with Gasteiger partial charge in [0.05, 0.1) is 0 Å². The van der Waals surface area contributed by atoms with E-state index in [1.54, 1.807) is 6.07 Å². The van der Waals surface area contributed by atoms with Crippen LogP contribution in [-0.4, -0.2) is 32.5 Å². The molecule has 1 aliphatic heterocycles. The third-order valence-corrected chi connectivity index (χ3v) is 4.38. The molecule has 0 aromatic carbocycles. The fourth-order valence-corrected chi connectivity index (χ4v) is 3.33. The van der Waals surface area contributed by atoms with Gasteiger partial charge >= 0.3 is 0 Å². The van der Waals surface area contributed by atoms with E-state index in [9.17, 15) is 8.42 Å². The molecule has 1 fully saturated rings. The zero-order chi connectivity index (χ0) is 13.0. The Bertz CT molecular complexity index is 559.